The largest absolute Gasteiger partial charge is 0.464 e. The van der Waals surface area contributed by atoms with Crippen LogP contribution in [-0.4, -0.2) is 38.0 Å². The van der Waals surface area contributed by atoms with Crippen molar-refractivity contribution in [3.63, 3.8) is 0 Å². The smallest absolute Gasteiger partial charge is 0.330 e. The van der Waals surface area contributed by atoms with Crippen LogP contribution in [0.1, 0.15) is 26.2 Å². The molecule has 0 saturated heterocycles. The van der Waals surface area contributed by atoms with Crippen molar-refractivity contribution in [2.24, 2.45) is 9.98 Å². The molecule has 0 amide bonds. The van der Waals surface area contributed by atoms with Crippen LogP contribution in [0.3, 0.4) is 0 Å². The lowest BCUT2D eigenvalue weighted by Gasteiger charge is -2.09. The first-order chi connectivity index (χ1) is 7.26. The van der Waals surface area contributed by atoms with Gasteiger partial charge in [0.2, 0.25) is 6.08 Å². The Bertz CT molecular complexity index is 247. The summed E-state index contributed by atoms with van der Waals surface area (Å²) < 4.78 is 4.81. The molecule has 1 atom stereocenters. The van der Waals surface area contributed by atoms with Crippen LogP contribution >= 0.6 is 0 Å². The van der Waals surface area contributed by atoms with Gasteiger partial charge in [-0.25, -0.2) is 14.6 Å². The van der Waals surface area contributed by atoms with Crippen LogP contribution in [-0.2, 0) is 14.3 Å². The normalized spacial score (nSPS) is 11.3. The minimum absolute atomic E-state index is 0.341. The van der Waals surface area contributed by atoms with Crippen LogP contribution in [0.5, 0.6) is 0 Å². The lowest BCUT2D eigenvalue weighted by atomic mass is 10.1. The highest BCUT2D eigenvalue weighted by atomic mass is 16.5. The molecule has 15 heavy (non-hydrogen) atoms. The van der Waals surface area contributed by atoms with Crippen molar-refractivity contribution < 1.29 is 14.3 Å². The number of rotatable bonds is 8. The quantitative estimate of drug-likeness (QED) is 0.262. The number of carbonyl (C=O) groups is 1. The standard InChI is InChI=1S/C10H16N2O3/c1-3-15-10(14)9(11-2)6-4-5-7-12-8-13/h9H,2-7H2,1H3. The molecule has 1 unspecified atom stereocenters. The van der Waals surface area contributed by atoms with E-state index in [4.69, 9.17) is 4.74 Å². The summed E-state index contributed by atoms with van der Waals surface area (Å²) in [5.41, 5.74) is 0. The Morgan fingerprint density at radius 1 is 1.53 bits per heavy atom. The van der Waals surface area contributed by atoms with Gasteiger partial charge < -0.3 is 4.74 Å². The molecule has 0 aliphatic carbocycles. The third-order valence-corrected chi connectivity index (χ3v) is 1.84. The second-order valence-corrected chi connectivity index (χ2v) is 2.92. The molecule has 0 aliphatic heterocycles. The summed E-state index contributed by atoms with van der Waals surface area (Å²) in [6, 6.07) is -0.495. The van der Waals surface area contributed by atoms with Gasteiger partial charge in [0.1, 0.15) is 6.04 Å². The molecule has 0 heterocycles. The van der Waals surface area contributed by atoms with Gasteiger partial charge in [-0.15, -0.1) is 0 Å². The fourth-order valence-corrected chi connectivity index (χ4v) is 1.10. The molecule has 84 valence electrons. The molecule has 5 heteroatoms. The van der Waals surface area contributed by atoms with Crippen LogP contribution in [0.15, 0.2) is 9.98 Å². The Kier molecular flexibility index (Phi) is 8.19. The zero-order valence-corrected chi connectivity index (χ0v) is 8.94. The number of hydrogen-bond acceptors (Lipinski definition) is 5. The average molecular weight is 212 g/mol. The maximum atomic E-state index is 11.3. The number of isocyanates is 1. The predicted molar refractivity (Wildman–Crippen MR) is 56.8 cm³/mol. The van der Waals surface area contributed by atoms with E-state index in [0.717, 1.165) is 12.8 Å². The van der Waals surface area contributed by atoms with Gasteiger partial charge in [-0.05, 0) is 32.9 Å². The molecule has 0 N–H and O–H groups in total. The Hall–Kier alpha value is -1.48. The predicted octanol–water partition coefficient (Wildman–Crippen LogP) is 1.12. The number of hydrogen-bond donors (Lipinski definition) is 0. The minimum atomic E-state index is -0.495. The molecule has 0 aromatic rings. The third-order valence-electron chi connectivity index (χ3n) is 1.84. The molecule has 0 aromatic heterocycles. The Morgan fingerprint density at radius 2 is 2.27 bits per heavy atom. The zero-order chi connectivity index (χ0) is 11.5. The minimum Gasteiger partial charge on any atom is -0.464 e. The van der Waals surface area contributed by atoms with Gasteiger partial charge >= 0.3 is 5.97 Å². The second-order valence-electron chi connectivity index (χ2n) is 2.92. The lowest BCUT2D eigenvalue weighted by Crippen LogP contribution is -2.21. The third kappa shape index (κ3) is 6.57. The van der Waals surface area contributed by atoms with Gasteiger partial charge in [-0.1, -0.05) is 0 Å². The fourth-order valence-electron chi connectivity index (χ4n) is 1.10. The summed E-state index contributed by atoms with van der Waals surface area (Å²) >= 11 is 0. The van der Waals surface area contributed by atoms with E-state index < -0.39 is 6.04 Å². The summed E-state index contributed by atoms with van der Waals surface area (Å²) in [5, 5.41) is 0. The summed E-state index contributed by atoms with van der Waals surface area (Å²) in [5.74, 6) is -0.341. The van der Waals surface area contributed by atoms with Crippen LogP contribution in [0.4, 0.5) is 0 Å². The highest BCUT2D eigenvalue weighted by Gasteiger charge is 2.16. The molecule has 0 spiro atoms. The van der Waals surface area contributed by atoms with Crippen LogP contribution in [0.2, 0.25) is 0 Å². The van der Waals surface area contributed by atoms with Crippen LogP contribution < -0.4 is 0 Å². The van der Waals surface area contributed by atoms with Crippen molar-refractivity contribution >= 4 is 18.8 Å². The van der Waals surface area contributed by atoms with Crippen molar-refractivity contribution in [1.82, 2.24) is 0 Å². The molecule has 0 rings (SSSR count). The molecule has 0 aliphatic rings. The second kappa shape index (κ2) is 9.09. The molecule has 0 fully saturated rings. The van der Waals surface area contributed by atoms with E-state index in [1.165, 1.54) is 6.08 Å². The molecular formula is C10H16N2O3. The number of esters is 1. The van der Waals surface area contributed by atoms with Gasteiger partial charge in [0.15, 0.2) is 0 Å². The molecule has 0 saturated carbocycles. The zero-order valence-electron chi connectivity index (χ0n) is 8.94. The maximum absolute atomic E-state index is 11.3. The number of ether oxygens (including phenoxy) is 1. The first-order valence-electron chi connectivity index (χ1n) is 4.92. The summed E-state index contributed by atoms with van der Waals surface area (Å²) in [4.78, 5) is 28.1. The van der Waals surface area contributed by atoms with Gasteiger partial charge in [-0.2, -0.15) is 0 Å². The van der Waals surface area contributed by atoms with Crippen LogP contribution in [0.25, 0.3) is 0 Å². The monoisotopic (exact) mass is 212 g/mol. The summed E-state index contributed by atoms with van der Waals surface area (Å²) in [6.07, 6.45) is 3.53. The van der Waals surface area contributed by atoms with Crippen molar-refractivity contribution in [2.75, 3.05) is 13.2 Å². The van der Waals surface area contributed by atoms with Crippen LogP contribution in [0, 0.1) is 0 Å². The van der Waals surface area contributed by atoms with E-state index in [-0.39, 0.29) is 5.97 Å². The number of nitrogens with zero attached hydrogens (tertiary/aromatic N) is 2. The maximum Gasteiger partial charge on any atom is 0.330 e. The van der Waals surface area contributed by atoms with E-state index in [1.54, 1.807) is 6.92 Å². The van der Waals surface area contributed by atoms with E-state index in [2.05, 4.69) is 16.7 Å². The van der Waals surface area contributed by atoms with Gasteiger partial charge in [0.05, 0.1) is 13.2 Å². The topological polar surface area (TPSA) is 68.1 Å². The van der Waals surface area contributed by atoms with Crippen molar-refractivity contribution in [2.45, 2.75) is 32.2 Å². The molecule has 5 nitrogen and oxygen atoms in total. The fraction of sp³-hybridized carbons (Fsp3) is 0.700. The SMILES string of the molecule is C=NC(CCCCN=C=O)C(=O)OCC. The van der Waals surface area contributed by atoms with E-state index in [0.29, 0.717) is 19.6 Å². The molecular weight excluding hydrogens is 196 g/mol. The van der Waals surface area contributed by atoms with Gasteiger partial charge in [0, 0.05) is 0 Å². The van der Waals surface area contributed by atoms with E-state index >= 15 is 0 Å². The van der Waals surface area contributed by atoms with Gasteiger partial charge in [0.25, 0.3) is 0 Å². The van der Waals surface area contributed by atoms with Gasteiger partial charge in [-0.3, -0.25) is 4.99 Å². The Morgan fingerprint density at radius 3 is 2.80 bits per heavy atom. The van der Waals surface area contributed by atoms with E-state index in [9.17, 15) is 9.59 Å². The highest BCUT2D eigenvalue weighted by molar-refractivity contribution is 5.76. The number of unbranched alkanes of at least 4 members (excludes halogenated alkanes) is 1. The first kappa shape index (κ1) is 13.5. The summed E-state index contributed by atoms with van der Waals surface area (Å²) in [6.45, 7) is 5.88. The highest BCUT2D eigenvalue weighted by Crippen LogP contribution is 2.06. The van der Waals surface area contributed by atoms with Crippen molar-refractivity contribution in [1.29, 1.82) is 0 Å². The lowest BCUT2D eigenvalue weighted by molar-refractivity contribution is -0.144. The molecule has 0 bridgehead atoms. The summed E-state index contributed by atoms with van der Waals surface area (Å²) in [7, 11) is 0. The van der Waals surface area contributed by atoms with Crippen molar-refractivity contribution in [3.8, 4) is 0 Å². The Labute approximate surface area is 89.3 Å². The van der Waals surface area contributed by atoms with Crippen molar-refractivity contribution in [3.05, 3.63) is 0 Å². The number of carbonyl (C=O) groups excluding carboxylic acids is 2. The average Bonchev–Trinajstić information content (AvgIpc) is 2.23. The number of aliphatic imine (C=N–C) groups is 2. The molecule has 0 aromatic carbocycles. The molecule has 0 radical (unpaired) electrons. The van der Waals surface area contributed by atoms with E-state index in [1.807, 2.05) is 0 Å². The Balaban J connectivity index is 3.74. The first-order valence-corrected chi connectivity index (χ1v) is 4.92.